The lowest BCUT2D eigenvalue weighted by atomic mass is 9.73. The van der Waals surface area contributed by atoms with Crippen molar-refractivity contribution in [1.82, 2.24) is 5.32 Å². The summed E-state index contributed by atoms with van der Waals surface area (Å²) in [4.78, 5) is 12.7. The quantitative estimate of drug-likeness (QED) is 0.729. The van der Waals surface area contributed by atoms with E-state index < -0.39 is 5.41 Å². The molecule has 1 amide bonds. The predicted molar refractivity (Wildman–Crippen MR) is 70.2 cm³/mol. The number of hydrogen-bond donors (Lipinski definition) is 2. The van der Waals surface area contributed by atoms with Gasteiger partial charge >= 0.3 is 0 Å². The average Bonchev–Trinajstić information content (AvgIpc) is 2.16. The van der Waals surface area contributed by atoms with E-state index in [1.807, 2.05) is 20.8 Å². The van der Waals surface area contributed by atoms with Gasteiger partial charge in [0.25, 0.3) is 0 Å². The Hall–Kier alpha value is -0.640. The predicted octanol–water partition coefficient (Wildman–Crippen LogP) is 2.14. The molecule has 0 atom stereocenters. The molecule has 0 radical (unpaired) electrons. The normalized spacial score (nSPS) is 20.2. The summed E-state index contributed by atoms with van der Waals surface area (Å²) in [5.41, 5.74) is 4.97. The van der Waals surface area contributed by atoms with Crippen LogP contribution in [0.1, 0.15) is 52.9 Å². The van der Waals surface area contributed by atoms with Crippen LogP contribution in [0.4, 0.5) is 0 Å². The van der Waals surface area contributed by atoms with E-state index in [1.165, 1.54) is 6.42 Å². The van der Waals surface area contributed by atoms with E-state index >= 15 is 0 Å². The van der Waals surface area contributed by atoms with E-state index in [9.17, 15) is 4.79 Å². The number of carbonyl (C=O) groups is 1. The number of nitrogens with one attached hydrogen (secondary N) is 1. The van der Waals surface area contributed by atoms with E-state index in [1.54, 1.807) is 0 Å². The zero-order valence-corrected chi connectivity index (χ0v) is 11.2. The third-order valence-electron chi connectivity index (χ3n) is 3.10. The highest BCUT2D eigenvalue weighted by molar-refractivity contribution is 7.80. The van der Waals surface area contributed by atoms with E-state index in [-0.39, 0.29) is 11.4 Å². The number of carbonyl (C=O) groups excluding carboxylic acids is 1. The summed E-state index contributed by atoms with van der Waals surface area (Å²) in [5.74, 6) is 0.00667. The highest BCUT2D eigenvalue weighted by Gasteiger charge is 2.43. The van der Waals surface area contributed by atoms with Gasteiger partial charge < -0.3 is 11.1 Å². The monoisotopic (exact) mass is 242 g/mol. The third-order valence-corrected chi connectivity index (χ3v) is 3.49. The summed E-state index contributed by atoms with van der Waals surface area (Å²) in [6, 6.07) is 0. The molecule has 0 aromatic carbocycles. The molecule has 0 saturated heterocycles. The molecular formula is C12H22N2OS. The van der Waals surface area contributed by atoms with E-state index in [2.05, 4.69) is 5.32 Å². The van der Waals surface area contributed by atoms with Gasteiger partial charge in [0.1, 0.15) is 0 Å². The molecule has 0 spiro atoms. The highest BCUT2D eigenvalue weighted by Crippen LogP contribution is 2.37. The number of rotatable bonds is 2. The zero-order valence-electron chi connectivity index (χ0n) is 10.4. The third kappa shape index (κ3) is 2.94. The maximum Gasteiger partial charge on any atom is 0.233 e. The summed E-state index contributed by atoms with van der Waals surface area (Å²) in [7, 11) is 0. The van der Waals surface area contributed by atoms with Crippen LogP contribution >= 0.6 is 12.2 Å². The molecule has 3 nitrogen and oxygen atoms in total. The Morgan fingerprint density at radius 1 is 1.25 bits per heavy atom. The molecule has 1 saturated carbocycles. The fourth-order valence-electron chi connectivity index (χ4n) is 2.20. The number of thiocarbonyl (C=S) groups is 1. The summed E-state index contributed by atoms with van der Waals surface area (Å²) in [6.07, 6.45) is 4.84. The van der Waals surface area contributed by atoms with Gasteiger partial charge in [-0.15, -0.1) is 0 Å². The Bertz CT molecular complexity index is 288. The Morgan fingerprint density at radius 3 is 2.12 bits per heavy atom. The molecule has 0 bridgehead atoms. The van der Waals surface area contributed by atoms with Crippen molar-refractivity contribution in [3.63, 3.8) is 0 Å². The standard InChI is InChI=1S/C12H22N2OS/c1-11(2,3)14-10(15)12(9(13)16)7-5-4-6-8-12/h4-8H2,1-3H3,(H2,13,16)(H,14,15). The topological polar surface area (TPSA) is 55.1 Å². The largest absolute Gasteiger partial charge is 0.392 e. The molecule has 0 unspecified atom stereocenters. The van der Waals surface area contributed by atoms with Crippen molar-refractivity contribution in [2.75, 3.05) is 0 Å². The van der Waals surface area contributed by atoms with Crippen molar-refractivity contribution < 1.29 is 4.79 Å². The van der Waals surface area contributed by atoms with Crippen LogP contribution in [0.3, 0.4) is 0 Å². The second-order valence-electron chi connectivity index (χ2n) is 5.71. The maximum absolute atomic E-state index is 12.3. The molecule has 0 heterocycles. The van der Waals surface area contributed by atoms with Crippen LogP contribution < -0.4 is 11.1 Å². The van der Waals surface area contributed by atoms with Gasteiger partial charge in [-0.05, 0) is 33.6 Å². The van der Waals surface area contributed by atoms with Gasteiger partial charge in [-0.2, -0.15) is 0 Å². The Balaban J connectivity index is 2.85. The van der Waals surface area contributed by atoms with Crippen LogP contribution in [0.15, 0.2) is 0 Å². The smallest absolute Gasteiger partial charge is 0.233 e. The SMILES string of the molecule is CC(C)(C)NC(=O)C1(C(N)=S)CCCCC1. The summed E-state index contributed by atoms with van der Waals surface area (Å²) in [6.45, 7) is 5.92. The summed E-state index contributed by atoms with van der Waals surface area (Å²) >= 11 is 5.11. The van der Waals surface area contributed by atoms with Crippen LogP contribution in [0, 0.1) is 5.41 Å². The Labute approximate surface area is 103 Å². The van der Waals surface area contributed by atoms with Crippen molar-refractivity contribution in [2.24, 2.45) is 11.1 Å². The molecule has 3 N–H and O–H groups in total. The average molecular weight is 242 g/mol. The second-order valence-corrected chi connectivity index (χ2v) is 6.15. The van der Waals surface area contributed by atoms with E-state index in [0.29, 0.717) is 4.99 Å². The lowest BCUT2D eigenvalue weighted by Gasteiger charge is -2.37. The zero-order chi connectivity index (χ0) is 12.4. The lowest BCUT2D eigenvalue weighted by Crippen LogP contribution is -2.54. The number of amides is 1. The minimum absolute atomic E-state index is 0.00667. The summed E-state index contributed by atoms with van der Waals surface area (Å²) < 4.78 is 0. The fraction of sp³-hybridized carbons (Fsp3) is 0.833. The van der Waals surface area contributed by atoms with Crippen molar-refractivity contribution in [1.29, 1.82) is 0 Å². The van der Waals surface area contributed by atoms with Gasteiger partial charge in [0, 0.05) is 5.54 Å². The first-order valence-corrected chi connectivity index (χ1v) is 6.31. The first-order valence-electron chi connectivity index (χ1n) is 5.90. The Kier molecular flexibility index (Phi) is 3.94. The van der Waals surface area contributed by atoms with Crippen LogP contribution in [0.5, 0.6) is 0 Å². The number of nitrogens with two attached hydrogens (primary N) is 1. The second kappa shape index (κ2) is 4.70. The van der Waals surface area contributed by atoms with Crippen molar-refractivity contribution in [2.45, 2.75) is 58.4 Å². The molecule has 92 valence electrons. The molecule has 1 fully saturated rings. The molecule has 16 heavy (non-hydrogen) atoms. The number of hydrogen-bond acceptors (Lipinski definition) is 2. The van der Waals surface area contributed by atoms with E-state index in [0.717, 1.165) is 25.7 Å². The van der Waals surface area contributed by atoms with Gasteiger partial charge in [-0.1, -0.05) is 31.5 Å². The highest BCUT2D eigenvalue weighted by atomic mass is 32.1. The van der Waals surface area contributed by atoms with Crippen molar-refractivity contribution in [3.05, 3.63) is 0 Å². The molecule has 0 aromatic rings. The van der Waals surface area contributed by atoms with Crippen LogP contribution in [-0.2, 0) is 4.79 Å². The van der Waals surface area contributed by atoms with Gasteiger partial charge in [0.2, 0.25) is 5.91 Å². The fourth-order valence-corrected chi connectivity index (χ4v) is 2.50. The summed E-state index contributed by atoms with van der Waals surface area (Å²) in [5, 5.41) is 3.00. The molecule has 4 heteroatoms. The van der Waals surface area contributed by atoms with Crippen molar-refractivity contribution in [3.8, 4) is 0 Å². The van der Waals surface area contributed by atoms with Gasteiger partial charge in [0.05, 0.1) is 10.4 Å². The molecule has 1 aliphatic carbocycles. The molecule has 1 aliphatic rings. The lowest BCUT2D eigenvalue weighted by molar-refractivity contribution is -0.130. The first kappa shape index (κ1) is 13.4. The first-order chi connectivity index (χ1) is 7.28. The van der Waals surface area contributed by atoms with Gasteiger partial charge in [0.15, 0.2) is 0 Å². The van der Waals surface area contributed by atoms with Crippen LogP contribution in [0.25, 0.3) is 0 Å². The molecule has 0 aliphatic heterocycles. The van der Waals surface area contributed by atoms with Gasteiger partial charge in [-0.25, -0.2) is 0 Å². The van der Waals surface area contributed by atoms with Crippen LogP contribution in [0.2, 0.25) is 0 Å². The van der Waals surface area contributed by atoms with Crippen LogP contribution in [-0.4, -0.2) is 16.4 Å². The van der Waals surface area contributed by atoms with E-state index in [4.69, 9.17) is 18.0 Å². The van der Waals surface area contributed by atoms with Gasteiger partial charge in [-0.3, -0.25) is 4.79 Å². The minimum Gasteiger partial charge on any atom is -0.392 e. The molecule has 0 aromatic heterocycles. The molecular weight excluding hydrogens is 220 g/mol. The van der Waals surface area contributed by atoms with Crippen molar-refractivity contribution >= 4 is 23.1 Å². The Morgan fingerprint density at radius 2 is 1.75 bits per heavy atom. The molecule has 1 rings (SSSR count). The maximum atomic E-state index is 12.3. The minimum atomic E-state index is -0.596.